The molecule has 386 valence electrons. The van der Waals surface area contributed by atoms with Crippen molar-refractivity contribution in [2.24, 2.45) is 0 Å². The van der Waals surface area contributed by atoms with Crippen LogP contribution in [-0.2, 0) is 14.3 Å². The number of unbranched alkanes of at least 4 members (excludes halogenated alkanes) is 39. The van der Waals surface area contributed by atoms with Crippen molar-refractivity contribution in [1.29, 1.82) is 0 Å². The molecule has 1 amide bonds. The molecule has 0 aliphatic carbocycles. The summed E-state index contributed by atoms with van der Waals surface area (Å²) in [5, 5.41) is 54.4. The molecule has 0 aromatic rings. The standard InChI is InChI=1S/C56H109NO8/c1-3-5-7-9-11-13-15-17-18-19-20-21-22-23-24-25-26-27-28-29-30-31-32-34-36-38-40-42-44-46-52(60)57-49(48-64-56-55(63)54(62)53(61)51(47-58)65-56)50(59)45-43-41-39-37-35-33-16-14-12-10-8-6-4-2/h43,45,49-51,53-56,58-59,61-63H,3-42,44,46-48H2,1-2H3,(H,57,60)/b45-43+/t49-,50+,51+,53+,54?,55?,56+/m0/s1. The molecule has 9 heteroatoms. The largest absolute Gasteiger partial charge is 0.394 e. The van der Waals surface area contributed by atoms with Gasteiger partial charge >= 0.3 is 0 Å². The van der Waals surface area contributed by atoms with Gasteiger partial charge in [-0.25, -0.2) is 0 Å². The van der Waals surface area contributed by atoms with E-state index in [1.807, 2.05) is 6.08 Å². The molecule has 1 aliphatic heterocycles. The van der Waals surface area contributed by atoms with Crippen molar-refractivity contribution in [1.82, 2.24) is 5.32 Å². The minimum absolute atomic E-state index is 0.171. The van der Waals surface area contributed by atoms with E-state index >= 15 is 0 Å². The number of allylic oxidation sites excluding steroid dienone is 1. The Kier molecular flexibility index (Phi) is 44.5. The zero-order valence-corrected chi connectivity index (χ0v) is 42.8. The van der Waals surface area contributed by atoms with E-state index in [9.17, 15) is 30.3 Å². The highest BCUT2D eigenvalue weighted by Gasteiger charge is 2.44. The zero-order valence-electron chi connectivity index (χ0n) is 42.8. The SMILES string of the molecule is CCCCCCCCCCCCC/C=C/[C@@H](O)[C@H](CO[C@@H]1O[C@H](CO)[C@@H](O)C(O)C1O)NC(=O)CCCCCCCCCCCCCCCCCCCCCCCCCCCCCCC. The van der Waals surface area contributed by atoms with Gasteiger partial charge in [0.25, 0.3) is 0 Å². The number of carbonyl (C=O) groups is 1. The van der Waals surface area contributed by atoms with E-state index in [2.05, 4.69) is 19.2 Å². The van der Waals surface area contributed by atoms with Crippen LogP contribution in [-0.4, -0.2) is 87.5 Å². The minimum Gasteiger partial charge on any atom is -0.394 e. The van der Waals surface area contributed by atoms with E-state index < -0.39 is 49.5 Å². The molecule has 0 saturated carbocycles. The van der Waals surface area contributed by atoms with Crippen molar-refractivity contribution in [3.8, 4) is 0 Å². The summed E-state index contributed by atoms with van der Waals surface area (Å²) in [4.78, 5) is 13.0. The number of aliphatic hydroxyl groups excluding tert-OH is 5. The summed E-state index contributed by atoms with van der Waals surface area (Å²) < 4.78 is 11.2. The second-order valence-corrected chi connectivity index (χ2v) is 20.1. The first kappa shape index (κ1) is 61.9. The lowest BCUT2D eigenvalue weighted by Crippen LogP contribution is -2.60. The average molecular weight is 924 g/mol. The fourth-order valence-corrected chi connectivity index (χ4v) is 9.34. The van der Waals surface area contributed by atoms with Gasteiger partial charge in [-0.1, -0.05) is 270 Å². The maximum Gasteiger partial charge on any atom is 0.220 e. The van der Waals surface area contributed by atoms with Crippen molar-refractivity contribution in [2.75, 3.05) is 13.2 Å². The molecule has 1 aliphatic rings. The van der Waals surface area contributed by atoms with Crippen molar-refractivity contribution >= 4 is 5.91 Å². The van der Waals surface area contributed by atoms with Gasteiger partial charge in [0.15, 0.2) is 6.29 Å². The molecule has 0 radical (unpaired) electrons. The van der Waals surface area contributed by atoms with Crippen LogP contribution in [0.15, 0.2) is 12.2 Å². The fourth-order valence-electron chi connectivity index (χ4n) is 9.34. The second kappa shape index (κ2) is 46.6. The highest BCUT2D eigenvalue weighted by molar-refractivity contribution is 5.76. The number of hydrogen-bond donors (Lipinski definition) is 6. The van der Waals surface area contributed by atoms with Crippen LogP contribution in [0.4, 0.5) is 0 Å². The molecule has 1 fully saturated rings. The topological polar surface area (TPSA) is 149 Å². The number of hydrogen-bond acceptors (Lipinski definition) is 8. The molecule has 0 spiro atoms. The van der Waals surface area contributed by atoms with Gasteiger partial charge in [-0.15, -0.1) is 0 Å². The van der Waals surface area contributed by atoms with Gasteiger partial charge in [0, 0.05) is 6.42 Å². The van der Waals surface area contributed by atoms with Crippen LogP contribution in [0.1, 0.15) is 284 Å². The van der Waals surface area contributed by atoms with E-state index in [1.54, 1.807) is 6.08 Å². The predicted octanol–water partition coefficient (Wildman–Crippen LogP) is 13.6. The highest BCUT2D eigenvalue weighted by Crippen LogP contribution is 2.23. The number of nitrogens with one attached hydrogen (secondary N) is 1. The summed E-state index contributed by atoms with van der Waals surface area (Å²) in [5.41, 5.74) is 0. The first-order valence-electron chi connectivity index (χ1n) is 28.4. The smallest absolute Gasteiger partial charge is 0.220 e. The van der Waals surface area contributed by atoms with E-state index in [0.717, 1.165) is 38.5 Å². The van der Waals surface area contributed by atoms with Gasteiger partial charge in [-0.2, -0.15) is 0 Å². The van der Waals surface area contributed by atoms with Crippen molar-refractivity contribution in [3.05, 3.63) is 12.2 Å². The van der Waals surface area contributed by atoms with Gasteiger partial charge in [0.1, 0.15) is 24.4 Å². The first-order chi connectivity index (χ1) is 31.8. The summed E-state index contributed by atoms with van der Waals surface area (Å²) in [5.74, 6) is -0.171. The van der Waals surface area contributed by atoms with Crippen LogP contribution >= 0.6 is 0 Å². The number of carbonyl (C=O) groups excluding carboxylic acids is 1. The third-order valence-electron chi connectivity index (χ3n) is 13.9. The monoisotopic (exact) mass is 924 g/mol. The van der Waals surface area contributed by atoms with Crippen LogP contribution in [0.3, 0.4) is 0 Å². The first-order valence-corrected chi connectivity index (χ1v) is 28.4. The third kappa shape index (κ3) is 36.6. The molecule has 0 aromatic heterocycles. The Morgan fingerprint density at radius 1 is 0.508 bits per heavy atom. The van der Waals surface area contributed by atoms with Gasteiger partial charge < -0.3 is 40.3 Å². The average Bonchev–Trinajstić information content (AvgIpc) is 3.31. The highest BCUT2D eigenvalue weighted by atomic mass is 16.7. The Morgan fingerprint density at radius 2 is 0.846 bits per heavy atom. The number of rotatable bonds is 49. The van der Waals surface area contributed by atoms with Gasteiger partial charge in [0.2, 0.25) is 5.91 Å². The molecular weight excluding hydrogens is 815 g/mol. The molecule has 7 atom stereocenters. The van der Waals surface area contributed by atoms with Crippen molar-refractivity contribution in [3.63, 3.8) is 0 Å². The molecule has 1 heterocycles. The minimum atomic E-state index is -1.56. The lowest BCUT2D eigenvalue weighted by molar-refractivity contribution is -0.302. The Hall–Kier alpha value is -1.07. The number of ether oxygens (including phenoxy) is 2. The van der Waals surface area contributed by atoms with Crippen LogP contribution in [0.25, 0.3) is 0 Å². The Balaban J connectivity index is 2.13. The molecule has 1 saturated heterocycles. The van der Waals surface area contributed by atoms with Crippen molar-refractivity contribution in [2.45, 2.75) is 326 Å². The normalized spacial score (nSPS) is 19.9. The van der Waals surface area contributed by atoms with Gasteiger partial charge in [-0.3, -0.25) is 4.79 Å². The number of aliphatic hydroxyl groups is 5. The molecule has 6 N–H and O–H groups in total. The van der Waals surface area contributed by atoms with Gasteiger partial charge in [-0.05, 0) is 19.3 Å². The van der Waals surface area contributed by atoms with Crippen LogP contribution in [0, 0.1) is 0 Å². The quantitative estimate of drug-likeness (QED) is 0.0261. The summed E-state index contributed by atoms with van der Waals surface area (Å²) >= 11 is 0. The molecule has 1 rings (SSSR count). The van der Waals surface area contributed by atoms with E-state index in [4.69, 9.17) is 9.47 Å². The molecule has 0 bridgehead atoms. The maximum absolute atomic E-state index is 13.0. The summed E-state index contributed by atoms with van der Waals surface area (Å²) in [6.07, 6.45) is 50.0. The second-order valence-electron chi connectivity index (χ2n) is 20.1. The molecule has 65 heavy (non-hydrogen) atoms. The Morgan fingerprint density at radius 3 is 1.20 bits per heavy atom. The summed E-state index contributed by atoms with van der Waals surface area (Å²) in [6, 6.07) is -0.799. The lowest BCUT2D eigenvalue weighted by atomic mass is 9.99. The van der Waals surface area contributed by atoms with Crippen molar-refractivity contribution < 1.29 is 39.8 Å². The molecule has 9 nitrogen and oxygen atoms in total. The predicted molar refractivity (Wildman–Crippen MR) is 272 cm³/mol. The van der Waals surface area contributed by atoms with Crippen LogP contribution in [0.5, 0.6) is 0 Å². The summed E-state index contributed by atoms with van der Waals surface area (Å²) in [6.45, 7) is 3.80. The van der Waals surface area contributed by atoms with Crippen LogP contribution in [0.2, 0.25) is 0 Å². The zero-order chi connectivity index (χ0) is 47.3. The Bertz CT molecular complexity index is 1030. The molecule has 2 unspecified atom stereocenters. The maximum atomic E-state index is 13.0. The third-order valence-corrected chi connectivity index (χ3v) is 13.9. The fraction of sp³-hybridized carbons (Fsp3) is 0.946. The van der Waals surface area contributed by atoms with E-state index in [0.29, 0.717) is 6.42 Å². The van der Waals surface area contributed by atoms with Gasteiger partial charge in [0.05, 0.1) is 25.4 Å². The lowest BCUT2D eigenvalue weighted by Gasteiger charge is -2.40. The van der Waals surface area contributed by atoms with E-state index in [-0.39, 0.29) is 12.5 Å². The van der Waals surface area contributed by atoms with Crippen LogP contribution < -0.4 is 5.32 Å². The molecule has 0 aromatic carbocycles. The molecular formula is C56H109NO8. The number of amides is 1. The Labute approximate surface area is 401 Å². The summed E-state index contributed by atoms with van der Waals surface area (Å²) in [7, 11) is 0. The van der Waals surface area contributed by atoms with E-state index in [1.165, 1.54) is 225 Å².